The summed E-state index contributed by atoms with van der Waals surface area (Å²) >= 11 is 0. The smallest absolute Gasteiger partial charge is 0.339 e. The molecule has 0 aliphatic heterocycles. The zero-order valence-corrected chi connectivity index (χ0v) is 15.4. The van der Waals surface area contributed by atoms with Gasteiger partial charge in [-0.15, -0.1) is 0 Å². The average Bonchev–Trinajstić information content (AvgIpc) is 2.98. The number of fused-ring (bicyclic) bond motifs is 2. The third-order valence-corrected chi connectivity index (χ3v) is 4.82. The van der Waals surface area contributed by atoms with E-state index in [9.17, 15) is 14.4 Å². The molecule has 2 heterocycles. The molecule has 3 rings (SSSR count). The largest absolute Gasteiger partial charge is 0.480 e. The molecule has 2 N–H and O–H groups in total. The van der Waals surface area contributed by atoms with Gasteiger partial charge in [-0.2, -0.15) is 0 Å². The van der Waals surface area contributed by atoms with Crippen LogP contribution in [0.1, 0.15) is 36.5 Å². The normalized spacial score (nSPS) is 12.4. The summed E-state index contributed by atoms with van der Waals surface area (Å²) in [6.07, 6.45) is 2.12. The molecule has 142 valence electrons. The van der Waals surface area contributed by atoms with Crippen LogP contribution in [0.4, 0.5) is 0 Å². The van der Waals surface area contributed by atoms with Crippen LogP contribution in [0.2, 0.25) is 0 Å². The van der Waals surface area contributed by atoms with Crippen molar-refractivity contribution in [2.75, 3.05) is 0 Å². The predicted molar refractivity (Wildman–Crippen MR) is 99.9 cm³/mol. The van der Waals surface area contributed by atoms with Gasteiger partial charge in [0.2, 0.25) is 5.91 Å². The molecule has 7 nitrogen and oxygen atoms in total. The lowest BCUT2D eigenvalue weighted by Gasteiger charge is -2.12. The maximum absolute atomic E-state index is 12.4. The zero-order valence-electron chi connectivity index (χ0n) is 15.4. The molecule has 0 bridgehead atoms. The molecule has 3 aromatic rings. The Balaban J connectivity index is 1.89. The molecule has 1 aromatic carbocycles. The van der Waals surface area contributed by atoms with Crippen molar-refractivity contribution in [1.29, 1.82) is 0 Å². The van der Waals surface area contributed by atoms with Crippen LogP contribution in [0, 0.1) is 13.8 Å². The second kappa shape index (κ2) is 7.26. The highest BCUT2D eigenvalue weighted by molar-refractivity contribution is 5.96. The Kier molecular flexibility index (Phi) is 5.03. The number of nitrogens with one attached hydrogen (secondary N) is 1. The van der Waals surface area contributed by atoms with E-state index in [1.54, 1.807) is 19.3 Å². The van der Waals surface area contributed by atoms with Gasteiger partial charge in [-0.25, -0.2) is 9.59 Å². The van der Waals surface area contributed by atoms with E-state index in [1.165, 1.54) is 0 Å². The summed E-state index contributed by atoms with van der Waals surface area (Å²) in [6, 6.07) is 2.69. The summed E-state index contributed by atoms with van der Waals surface area (Å²) in [5.41, 5.74) is 2.74. The Bertz CT molecular complexity index is 1090. The maximum atomic E-state index is 12.4. The molecule has 0 saturated heterocycles. The summed E-state index contributed by atoms with van der Waals surface area (Å²) in [5, 5.41) is 13.2. The number of aryl methyl sites for hydroxylation is 2. The van der Waals surface area contributed by atoms with E-state index in [4.69, 9.17) is 13.9 Å². The molecular formula is C20H21NO6. The van der Waals surface area contributed by atoms with Gasteiger partial charge >= 0.3 is 11.6 Å². The molecule has 0 spiro atoms. The van der Waals surface area contributed by atoms with Crippen molar-refractivity contribution in [1.82, 2.24) is 5.32 Å². The van der Waals surface area contributed by atoms with E-state index in [0.717, 1.165) is 21.9 Å². The number of carbonyl (C=O) groups is 2. The number of hydrogen-bond acceptors (Lipinski definition) is 5. The van der Waals surface area contributed by atoms with Gasteiger partial charge in [0.05, 0.1) is 6.26 Å². The first kappa shape index (κ1) is 18.7. The fourth-order valence-electron chi connectivity index (χ4n) is 3.17. The molecule has 0 aliphatic carbocycles. The van der Waals surface area contributed by atoms with Crippen molar-refractivity contribution in [2.45, 2.75) is 46.1 Å². The van der Waals surface area contributed by atoms with Crippen LogP contribution in [0.5, 0.6) is 0 Å². The lowest BCUT2D eigenvalue weighted by molar-refractivity contribution is -0.141. The van der Waals surface area contributed by atoms with Gasteiger partial charge in [-0.1, -0.05) is 6.92 Å². The number of furan rings is 1. The summed E-state index contributed by atoms with van der Waals surface area (Å²) in [4.78, 5) is 35.4. The molecule has 1 atom stereocenters. The molecule has 0 radical (unpaired) electrons. The zero-order chi connectivity index (χ0) is 19.7. The van der Waals surface area contributed by atoms with Crippen LogP contribution in [0.3, 0.4) is 0 Å². The first-order valence-corrected chi connectivity index (χ1v) is 8.78. The van der Waals surface area contributed by atoms with Crippen molar-refractivity contribution >= 4 is 33.8 Å². The summed E-state index contributed by atoms with van der Waals surface area (Å²) in [5.74, 6) is -1.49. The number of rotatable bonds is 6. The van der Waals surface area contributed by atoms with Crippen molar-refractivity contribution in [3.63, 3.8) is 0 Å². The summed E-state index contributed by atoms with van der Waals surface area (Å²) < 4.78 is 10.9. The predicted octanol–water partition coefficient (Wildman–Crippen LogP) is 3.07. The highest BCUT2D eigenvalue weighted by Gasteiger charge is 2.19. The van der Waals surface area contributed by atoms with E-state index >= 15 is 0 Å². The van der Waals surface area contributed by atoms with Gasteiger partial charge < -0.3 is 19.3 Å². The van der Waals surface area contributed by atoms with E-state index < -0.39 is 23.5 Å². The van der Waals surface area contributed by atoms with Gasteiger partial charge in [0, 0.05) is 28.8 Å². The second-order valence-corrected chi connectivity index (χ2v) is 6.62. The van der Waals surface area contributed by atoms with E-state index in [2.05, 4.69) is 5.32 Å². The lowest BCUT2D eigenvalue weighted by Crippen LogP contribution is -2.40. The molecule has 1 amide bonds. The van der Waals surface area contributed by atoms with Crippen molar-refractivity contribution in [3.05, 3.63) is 45.5 Å². The number of carboxylic acid groups (broad SMARTS) is 1. The topological polar surface area (TPSA) is 110 Å². The van der Waals surface area contributed by atoms with Crippen LogP contribution < -0.4 is 10.9 Å². The Morgan fingerprint density at radius 3 is 2.59 bits per heavy atom. The van der Waals surface area contributed by atoms with Gasteiger partial charge in [-0.3, -0.25) is 4.79 Å². The number of carbonyl (C=O) groups excluding carboxylic acids is 1. The minimum atomic E-state index is -1.08. The molecule has 7 heteroatoms. The molecule has 0 aliphatic rings. The maximum Gasteiger partial charge on any atom is 0.339 e. The summed E-state index contributed by atoms with van der Waals surface area (Å²) in [7, 11) is 0. The first-order chi connectivity index (χ1) is 12.8. The van der Waals surface area contributed by atoms with Gasteiger partial charge in [0.15, 0.2) is 0 Å². The van der Waals surface area contributed by atoms with Crippen LogP contribution in [0.15, 0.2) is 32.0 Å². The van der Waals surface area contributed by atoms with Crippen LogP contribution in [0.25, 0.3) is 21.9 Å². The minimum absolute atomic E-state index is 0.00781. The van der Waals surface area contributed by atoms with Crippen molar-refractivity contribution in [3.8, 4) is 0 Å². The third kappa shape index (κ3) is 3.58. The SMILES string of the molecule is CCC(NC(=O)CCc1c(C)c2cc3c(C)coc3cc2oc1=O)C(=O)O. The molecule has 0 fully saturated rings. The Morgan fingerprint density at radius 1 is 1.19 bits per heavy atom. The molecule has 27 heavy (non-hydrogen) atoms. The highest BCUT2D eigenvalue weighted by Crippen LogP contribution is 2.28. The third-order valence-electron chi connectivity index (χ3n) is 4.82. The van der Waals surface area contributed by atoms with Crippen LogP contribution in [-0.2, 0) is 16.0 Å². The van der Waals surface area contributed by atoms with Crippen molar-refractivity contribution in [2.24, 2.45) is 0 Å². The fourth-order valence-corrected chi connectivity index (χ4v) is 3.17. The van der Waals surface area contributed by atoms with Crippen LogP contribution >= 0.6 is 0 Å². The number of carboxylic acids is 1. The number of aliphatic carboxylic acids is 1. The van der Waals surface area contributed by atoms with E-state index in [1.807, 2.05) is 19.9 Å². The molecular weight excluding hydrogens is 350 g/mol. The second-order valence-electron chi connectivity index (χ2n) is 6.62. The number of hydrogen-bond donors (Lipinski definition) is 2. The van der Waals surface area contributed by atoms with Gasteiger partial charge in [0.1, 0.15) is 17.2 Å². The molecule has 2 aromatic heterocycles. The Labute approximate surface area is 155 Å². The van der Waals surface area contributed by atoms with Crippen molar-refractivity contribution < 1.29 is 23.5 Å². The number of amides is 1. The Morgan fingerprint density at radius 2 is 1.93 bits per heavy atom. The van der Waals surface area contributed by atoms with Crippen LogP contribution in [-0.4, -0.2) is 23.0 Å². The monoisotopic (exact) mass is 371 g/mol. The lowest BCUT2D eigenvalue weighted by atomic mass is 10.0. The number of benzene rings is 1. The quantitative estimate of drug-likeness (QED) is 0.645. The first-order valence-electron chi connectivity index (χ1n) is 8.78. The standard InChI is InChI=1S/C20H21NO6/c1-4-15(19(23)24)21-18(22)6-5-12-11(3)14-7-13-10(2)9-26-16(13)8-17(14)27-20(12)25/h7-9,15H,4-6H2,1-3H3,(H,21,22)(H,23,24). The summed E-state index contributed by atoms with van der Waals surface area (Å²) in [6.45, 7) is 5.43. The fraction of sp³-hybridized carbons (Fsp3) is 0.350. The van der Waals surface area contributed by atoms with Gasteiger partial charge in [0.25, 0.3) is 0 Å². The molecule has 1 unspecified atom stereocenters. The average molecular weight is 371 g/mol. The minimum Gasteiger partial charge on any atom is -0.480 e. The Hall–Kier alpha value is -3.09. The highest BCUT2D eigenvalue weighted by atomic mass is 16.4. The van der Waals surface area contributed by atoms with E-state index in [0.29, 0.717) is 16.7 Å². The molecule has 0 saturated carbocycles. The van der Waals surface area contributed by atoms with Gasteiger partial charge in [-0.05, 0) is 43.9 Å². The van der Waals surface area contributed by atoms with E-state index in [-0.39, 0.29) is 19.3 Å².